The number of hydrogen-bond acceptors (Lipinski definition) is 2. The van der Waals surface area contributed by atoms with Gasteiger partial charge in [-0.3, -0.25) is 9.59 Å². The Labute approximate surface area is 129 Å². The number of fused-ring (bicyclic) bond motifs is 1. The summed E-state index contributed by atoms with van der Waals surface area (Å²) < 4.78 is 0. The van der Waals surface area contributed by atoms with E-state index in [9.17, 15) is 9.59 Å². The van der Waals surface area contributed by atoms with Crippen LogP contribution < -0.4 is 10.6 Å². The molecule has 2 aromatic rings. The van der Waals surface area contributed by atoms with Crippen LogP contribution in [0.4, 0.5) is 0 Å². The second-order valence-corrected chi connectivity index (χ2v) is 5.98. The third-order valence-electron chi connectivity index (χ3n) is 4.44. The number of hydrogen-bond donors (Lipinski definition) is 3. The molecular formula is C17H21N3O2. The number of aryl methyl sites for hydroxylation is 2. The van der Waals surface area contributed by atoms with Crippen molar-refractivity contribution in [1.29, 1.82) is 0 Å². The van der Waals surface area contributed by atoms with Crippen LogP contribution in [0.5, 0.6) is 0 Å². The molecule has 1 unspecified atom stereocenters. The fourth-order valence-corrected chi connectivity index (χ4v) is 2.94. The third kappa shape index (κ3) is 2.84. The third-order valence-corrected chi connectivity index (χ3v) is 4.44. The lowest BCUT2D eigenvalue weighted by Gasteiger charge is -2.15. The van der Waals surface area contributed by atoms with Crippen molar-refractivity contribution in [2.24, 2.45) is 0 Å². The molecule has 0 bridgehead atoms. The number of carbonyl (C=O) groups excluding carboxylic acids is 2. The molecule has 5 heteroatoms. The Hall–Kier alpha value is -2.30. The molecular weight excluding hydrogens is 278 g/mol. The van der Waals surface area contributed by atoms with Gasteiger partial charge in [-0.25, -0.2) is 0 Å². The molecule has 2 amide bonds. The largest absolute Gasteiger partial charge is 0.358 e. The van der Waals surface area contributed by atoms with Gasteiger partial charge in [-0.2, -0.15) is 0 Å². The number of aromatic nitrogens is 1. The maximum Gasteiger partial charge on any atom is 0.251 e. The first-order chi connectivity index (χ1) is 10.5. The zero-order valence-corrected chi connectivity index (χ0v) is 13.0. The summed E-state index contributed by atoms with van der Waals surface area (Å²) in [6, 6.07) is 5.77. The smallest absolute Gasteiger partial charge is 0.251 e. The van der Waals surface area contributed by atoms with Gasteiger partial charge in [0, 0.05) is 41.2 Å². The zero-order valence-electron chi connectivity index (χ0n) is 13.0. The molecule has 1 saturated heterocycles. The van der Waals surface area contributed by atoms with Crippen LogP contribution in [-0.2, 0) is 4.79 Å². The van der Waals surface area contributed by atoms with Crippen LogP contribution in [0.25, 0.3) is 10.9 Å². The first-order valence-corrected chi connectivity index (χ1v) is 7.71. The molecule has 1 atom stereocenters. The van der Waals surface area contributed by atoms with Crippen molar-refractivity contribution in [1.82, 2.24) is 15.6 Å². The maximum absolute atomic E-state index is 12.4. The van der Waals surface area contributed by atoms with Gasteiger partial charge < -0.3 is 15.6 Å². The van der Waals surface area contributed by atoms with Gasteiger partial charge >= 0.3 is 0 Å². The molecule has 0 saturated carbocycles. The minimum absolute atomic E-state index is 0.0520. The number of rotatable bonds is 2. The molecule has 1 fully saturated rings. The van der Waals surface area contributed by atoms with Crippen LogP contribution in [0.3, 0.4) is 0 Å². The predicted molar refractivity (Wildman–Crippen MR) is 85.9 cm³/mol. The van der Waals surface area contributed by atoms with E-state index in [0.29, 0.717) is 24.9 Å². The summed E-state index contributed by atoms with van der Waals surface area (Å²) >= 11 is 0. The minimum atomic E-state index is -0.0699. The molecule has 2 heterocycles. The highest BCUT2D eigenvalue weighted by Gasteiger charge is 2.19. The molecule has 3 N–H and O–H groups in total. The Kier molecular flexibility index (Phi) is 3.88. The first kappa shape index (κ1) is 14.6. The van der Waals surface area contributed by atoms with E-state index < -0.39 is 0 Å². The van der Waals surface area contributed by atoms with E-state index in [1.807, 2.05) is 25.1 Å². The number of benzene rings is 1. The van der Waals surface area contributed by atoms with Crippen molar-refractivity contribution in [2.45, 2.75) is 39.2 Å². The van der Waals surface area contributed by atoms with Gasteiger partial charge in [0.15, 0.2) is 0 Å². The molecule has 22 heavy (non-hydrogen) atoms. The Balaban J connectivity index is 1.77. The quantitative estimate of drug-likeness (QED) is 0.795. The van der Waals surface area contributed by atoms with Gasteiger partial charge in [0.05, 0.1) is 0 Å². The van der Waals surface area contributed by atoms with Gasteiger partial charge in [-0.05, 0) is 50.5 Å². The van der Waals surface area contributed by atoms with E-state index in [4.69, 9.17) is 0 Å². The predicted octanol–water partition coefficient (Wildman–Crippen LogP) is 2.18. The van der Waals surface area contributed by atoms with Crippen LogP contribution in [0.2, 0.25) is 0 Å². The average molecular weight is 299 g/mol. The maximum atomic E-state index is 12.4. The van der Waals surface area contributed by atoms with Crippen LogP contribution >= 0.6 is 0 Å². The van der Waals surface area contributed by atoms with Gasteiger partial charge in [-0.15, -0.1) is 0 Å². The van der Waals surface area contributed by atoms with E-state index in [0.717, 1.165) is 23.0 Å². The van der Waals surface area contributed by atoms with E-state index in [2.05, 4.69) is 22.5 Å². The molecule has 5 nitrogen and oxygen atoms in total. The summed E-state index contributed by atoms with van der Waals surface area (Å²) in [5, 5.41) is 6.96. The molecule has 1 aromatic carbocycles. The summed E-state index contributed by atoms with van der Waals surface area (Å²) in [7, 11) is 0. The number of H-pyrrole nitrogens is 1. The Morgan fingerprint density at radius 1 is 1.27 bits per heavy atom. The van der Waals surface area contributed by atoms with E-state index >= 15 is 0 Å². The molecule has 3 rings (SSSR count). The van der Waals surface area contributed by atoms with Crippen LogP contribution in [0.15, 0.2) is 18.2 Å². The Morgan fingerprint density at radius 3 is 2.91 bits per heavy atom. The van der Waals surface area contributed by atoms with Crippen LogP contribution in [0, 0.1) is 13.8 Å². The fourth-order valence-electron chi connectivity index (χ4n) is 2.94. The molecule has 0 spiro atoms. The van der Waals surface area contributed by atoms with Crippen molar-refractivity contribution >= 4 is 22.7 Å². The van der Waals surface area contributed by atoms with Gasteiger partial charge in [0.25, 0.3) is 5.91 Å². The standard InChI is InChI=1S/C17H21N3O2/c1-10-11(2)19-15-5-3-12(9-14(10)15)17(22)20-13-4-6-16(21)18-8-7-13/h3,5,9,13,19H,4,6-8H2,1-2H3,(H,18,21)(H,20,22). The number of carbonyl (C=O) groups is 2. The van der Waals surface area contributed by atoms with Crippen LogP contribution in [0.1, 0.15) is 40.9 Å². The van der Waals surface area contributed by atoms with Crippen LogP contribution in [-0.4, -0.2) is 29.4 Å². The highest BCUT2D eigenvalue weighted by molar-refractivity contribution is 5.99. The van der Waals surface area contributed by atoms with Crippen molar-refractivity contribution in [3.63, 3.8) is 0 Å². The van der Waals surface area contributed by atoms with Crippen molar-refractivity contribution in [2.75, 3.05) is 6.54 Å². The molecule has 1 aromatic heterocycles. The topological polar surface area (TPSA) is 74.0 Å². The molecule has 0 aliphatic carbocycles. The molecule has 0 radical (unpaired) electrons. The van der Waals surface area contributed by atoms with Gasteiger partial charge in [-0.1, -0.05) is 0 Å². The second kappa shape index (κ2) is 5.83. The summed E-state index contributed by atoms with van der Waals surface area (Å²) in [4.78, 5) is 27.1. The van der Waals surface area contributed by atoms with E-state index in [1.165, 1.54) is 5.56 Å². The Bertz CT molecular complexity index is 733. The SMILES string of the molecule is Cc1[nH]c2ccc(C(=O)NC3CCNC(=O)CC3)cc2c1C. The first-order valence-electron chi connectivity index (χ1n) is 7.71. The highest BCUT2D eigenvalue weighted by atomic mass is 16.2. The minimum Gasteiger partial charge on any atom is -0.358 e. The van der Waals surface area contributed by atoms with Crippen molar-refractivity contribution in [3.05, 3.63) is 35.0 Å². The number of nitrogens with one attached hydrogen (secondary N) is 3. The Morgan fingerprint density at radius 2 is 2.09 bits per heavy atom. The molecule has 1 aliphatic rings. The molecule has 116 valence electrons. The van der Waals surface area contributed by atoms with E-state index in [-0.39, 0.29) is 17.9 Å². The van der Waals surface area contributed by atoms with Crippen molar-refractivity contribution < 1.29 is 9.59 Å². The normalized spacial score (nSPS) is 18.8. The summed E-state index contributed by atoms with van der Waals surface area (Å²) in [5.74, 6) is -0.00362. The van der Waals surface area contributed by atoms with Crippen molar-refractivity contribution in [3.8, 4) is 0 Å². The summed E-state index contributed by atoms with van der Waals surface area (Å²) in [5.41, 5.74) is 4.02. The lowest BCUT2D eigenvalue weighted by Crippen LogP contribution is -2.35. The summed E-state index contributed by atoms with van der Waals surface area (Å²) in [6.07, 6.45) is 1.95. The zero-order chi connectivity index (χ0) is 15.7. The average Bonchev–Trinajstić information content (AvgIpc) is 2.65. The molecule has 1 aliphatic heterocycles. The fraction of sp³-hybridized carbons (Fsp3) is 0.412. The van der Waals surface area contributed by atoms with Gasteiger partial charge in [0.1, 0.15) is 0 Å². The van der Waals surface area contributed by atoms with Gasteiger partial charge in [0.2, 0.25) is 5.91 Å². The summed E-state index contributed by atoms with van der Waals surface area (Å²) in [6.45, 7) is 4.71. The monoisotopic (exact) mass is 299 g/mol. The lowest BCUT2D eigenvalue weighted by atomic mass is 10.1. The van der Waals surface area contributed by atoms with E-state index in [1.54, 1.807) is 0 Å². The lowest BCUT2D eigenvalue weighted by molar-refractivity contribution is -0.120. The highest BCUT2D eigenvalue weighted by Crippen LogP contribution is 2.22. The number of aromatic amines is 1. The second-order valence-electron chi connectivity index (χ2n) is 5.98. The number of amides is 2.